The summed E-state index contributed by atoms with van der Waals surface area (Å²) < 4.78 is 5.46. The summed E-state index contributed by atoms with van der Waals surface area (Å²) in [4.78, 5) is 1.55. The Labute approximate surface area is 81.1 Å². The second-order valence-corrected chi connectivity index (χ2v) is 4.89. The van der Waals surface area contributed by atoms with Gasteiger partial charge in [0.15, 0.2) is 0 Å². The van der Waals surface area contributed by atoms with Crippen LogP contribution in [-0.2, 0) is 16.9 Å². The third kappa shape index (κ3) is 2.03. The fourth-order valence-electron chi connectivity index (χ4n) is 1.28. The number of thioether (sulfide) groups is 1. The molecule has 0 amide bonds. The summed E-state index contributed by atoms with van der Waals surface area (Å²) in [5.41, 5.74) is 1.49. The van der Waals surface area contributed by atoms with E-state index in [0.29, 0.717) is 0 Å². The van der Waals surface area contributed by atoms with E-state index < -0.39 is 0 Å². The SMILES string of the molecule is c1cc2c(s1)CSCCOCC2. The highest BCUT2D eigenvalue weighted by molar-refractivity contribution is 7.98. The highest BCUT2D eigenvalue weighted by Gasteiger charge is 2.06. The lowest BCUT2D eigenvalue weighted by molar-refractivity contribution is 0.153. The normalized spacial score (nSPS) is 19.0. The third-order valence-electron chi connectivity index (χ3n) is 1.96. The maximum absolute atomic E-state index is 5.46. The average Bonchev–Trinajstić information content (AvgIpc) is 2.50. The molecule has 0 N–H and O–H groups in total. The minimum absolute atomic E-state index is 0.893. The Morgan fingerprint density at radius 3 is 3.33 bits per heavy atom. The summed E-state index contributed by atoms with van der Waals surface area (Å²) >= 11 is 3.86. The van der Waals surface area contributed by atoms with Gasteiger partial charge in [0, 0.05) is 16.4 Å². The van der Waals surface area contributed by atoms with Gasteiger partial charge in [-0.05, 0) is 23.4 Å². The van der Waals surface area contributed by atoms with Gasteiger partial charge in [-0.15, -0.1) is 11.3 Å². The molecule has 0 spiro atoms. The molecule has 1 aliphatic rings. The first-order valence-electron chi connectivity index (χ1n) is 4.17. The van der Waals surface area contributed by atoms with Crippen LogP contribution in [0.3, 0.4) is 0 Å². The fourth-order valence-corrected chi connectivity index (χ4v) is 3.27. The van der Waals surface area contributed by atoms with Gasteiger partial charge in [0.1, 0.15) is 0 Å². The summed E-state index contributed by atoms with van der Waals surface area (Å²) in [6.45, 7) is 1.81. The van der Waals surface area contributed by atoms with Crippen LogP contribution in [0.25, 0.3) is 0 Å². The summed E-state index contributed by atoms with van der Waals surface area (Å²) in [5.74, 6) is 2.31. The van der Waals surface area contributed by atoms with Gasteiger partial charge in [0.05, 0.1) is 13.2 Å². The van der Waals surface area contributed by atoms with Gasteiger partial charge in [-0.1, -0.05) is 0 Å². The van der Waals surface area contributed by atoms with Gasteiger partial charge in [-0.25, -0.2) is 0 Å². The molecule has 0 radical (unpaired) electrons. The van der Waals surface area contributed by atoms with E-state index in [1.165, 1.54) is 11.3 Å². The van der Waals surface area contributed by atoms with Crippen LogP contribution in [0.4, 0.5) is 0 Å². The molecule has 66 valence electrons. The number of hydrogen-bond donors (Lipinski definition) is 0. The zero-order valence-electron chi connectivity index (χ0n) is 6.91. The highest BCUT2D eigenvalue weighted by atomic mass is 32.2. The molecule has 0 bridgehead atoms. The first-order chi connectivity index (χ1) is 5.97. The van der Waals surface area contributed by atoms with Crippen molar-refractivity contribution >= 4 is 23.1 Å². The molecule has 1 aromatic rings. The van der Waals surface area contributed by atoms with Gasteiger partial charge in [0.2, 0.25) is 0 Å². The highest BCUT2D eigenvalue weighted by Crippen LogP contribution is 2.23. The minimum Gasteiger partial charge on any atom is -0.380 e. The Balaban J connectivity index is 2.10. The van der Waals surface area contributed by atoms with E-state index in [2.05, 4.69) is 11.4 Å². The van der Waals surface area contributed by atoms with E-state index in [0.717, 1.165) is 25.4 Å². The third-order valence-corrected chi connectivity index (χ3v) is 4.05. The smallest absolute Gasteiger partial charge is 0.0556 e. The first-order valence-corrected chi connectivity index (χ1v) is 6.21. The fraction of sp³-hybridized carbons (Fsp3) is 0.556. The second kappa shape index (κ2) is 4.30. The van der Waals surface area contributed by atoms with Gasteiger partial charge >= 0.3 is 0 Å². The van der Waals surface area contributed by atoms with E-state index in [-0.39, 0.29) is 0 Å². The van der Waals surface area contributed by atoms with Crippen LogP contribution in [0.5, 0.6) is 0 Å². The van der Waals surface area contributed by atoms with Crippen LogP contribution >= 0.6 is 23.1 Å². The van der Waals surface area contributed by atoms with Crippen molar-refractivity contribution in [2.24, 2.45) is 0 Å². The molecule has 0 fully saturated rings. The van der Waals surface area contributed by atoms with Gasteiger partial charge in [0.25, 0.3) is 0 Å². The van der Waals surface area contributed by atoms with Crippen LogP contribution in [-0.4, -0.2) is 19.0 Å². The van der Waals surface area contributed by atoms with Crippen molar-refractivity contribution in [2.45, 2.75) is 12.2 Å². The van der Waals surface area contributed by atoms with Crippen molar-refractivity contribution in [2.75, 3.05) is 19.0 Å². The van der Waals surface area contributed by atoms with E-state index in [1.54, 1.807) is 4.88 Å². The van der Waals surface area contributed by atoms with Crippen molar-refractivity contribution in [3.05, 3.63) is 21.9 Å². The van der Waals surface area contributed by atoms with Crippen LogP contribution in [0.2, 0.25) is 0 Å². The Kier molecular flexibility index (Phi) is 3.08. The number of fused-ring (bicyclic) bond motifs is 1. The molecule has 12 heavy (non-hydrogen) atoms. The van der Waals surface area contributed by atoms with Crippen molar-refractivity contribution in [3.8, 4) is 0 Å². The van der Waals surface area contributed by atoms with E-state index in [1.807, 2.05) is 23.1 Å². The molecule has 0 saturated heterocycles. The van der Waals surface area contributed by atoms with E-state index in [4.69, 9.17) is 4.74 Å². The molecule has 0 atom stereocenters. The molecular formula is C9H12OS2. The lowest BCUT2D eigenvalue weighted by atomic mass is 10.2. The lowest BCUT2D eigenvalue weighted by Gasteiger charge is -1.99. The Morgan fingerprint density at radius 1 is 1.33 bits per heavy atom. The van der Waals surface area contributed by atoms with Crippen LogP contribution in [0, 0.1) is 0 Å². The predicted molar refractivity (Wildman–Crippen MR) is 55.0 cm³/mol. The topological polar surface area (TPSA) is 9.23 Å². The van der Waals surface area contributed by atoms with Gasteiger partial charge in [-0.3, -0.25) is 0 Å². The van der Waals surface area contributed by atoms with Crippen LogP contribution < -0.4 is 0 Å². The molecule has 2 rings (SSSR count). The zero-order chi connectivity index (χ0) is 8.23. The molecule has 2 heterocycles. The standard InChI is InChI=1S/C9H12OS2/c1-3-10-4-6-11-7-9-8(1)2-5-12-9/h2,5H,1,3-4,6-7H2. The summed E-state index contributed by atoms with van der Waals surface area (Å²) in [7, 11) is 0. The first kappa shape index (κ1) is 8.60. The van der Waals surface area contributed by atoms with Gasteiger partial charge < -0.3 is 4.74 Å². The second-order valence-electron chi connectivity index (χ2n) is 2.78. The maximum Gasteiger partial charge on any atom is 0.0556 e. The lowest BCUT2D eigenvalue weighted by Crippen LogP contribution is -2.00. The Morgan fingerprint density at radius 2 is 2.33 bits per heavy atom. The predicted octanol–water partition coefficient (Wildman–Crippen LogP) is 2.55. The number of hydrogen-bond acceptors (Lipinski definition) is 3. The monoisotopic (exact) mass is 200 g/mol. The molecule has 0 saturated carbocycles. The van der Waals surface area contributed by atoms with Crippen LogP contribution in [0.1, 0.15) is 10.4 Å². The largest absolute Gasteiger partial charge is 0.380 e. The van der Waals surface area contributed by atoms with Crippen molar-refractivity contribution in [1.82, 2.24) is 0 Å². The number of ether oxygens (including phenoxy) is 1. The molecular weight excluding hydrogens is 188 g/mol. The molecule has 0 aromatic carbocycles. The quantitative estimate of drug-likeness (QED) is 0.636. The molecule has 1 aliphatic heterocycles. The summed E-state index contributed by atoms with van der Waals surface area (Å²) in [5, 5.41) is 2.19. The average molecular weight is 200 g/mol. The summed E-state index contributed by atoms with van der Waals surface area (Å²) in [6, 6.07) is 2.23. The number of rotatable bonds is 0. The Bertz CT molecular complexity index is 222. The molecule has 0 unspecified atom stereocenters. The maximum atomic E-state index is 5.46. The molecule has 1 nitrogen and oxygen atoms in total. The Hall–Kier alpha value is 0.01000. The van der Waals surface area contributed by atoms with E-state index >= 15 is 0 Å². The molecule has 1 aromatic heterocycles. The van der Waals surface area contributed by atoms with Crippen LogP contribution in [0.15, 0.2) is 11.4 Å². The number of thiophene rings is 1. The summed E-state index contributed by atoms with van der Waals surface area (Å²) in [6.07, 6.45) is 1.10. The molecule has 3 heteroatoms. The van der Waals surface area contributed by atoms with Crippen molar-refractivity contribution in [3.63, 3.8) is 0 Å². The van der Waals surface area contributed by atoms with Crippen molar-refractivity contribution in [1.29, 1.82) is 0 Å². The minimum atomic E-state index is 0.893. The van der Waals surface area contributed by atoms with Gasteiger partial charge in [-0.2, -0.15) is 11.8 Å². The zero-order valence-corrected chi connectivity index (χ0v) is 8.55. The van der Waals surface area contributed by atoms with E-state index in [9.17, 15) is 0 Å². The van der Waals surface area contributed by atoms with Crippen molar-refractivity contribution < 1.29 is 4.74 Å². The molecule has 0 aliphatic carbocycles.